The van der Waals surface area contributed by atoms with Crippen LogP contribution in [0, 0.1) is 6.92 Å². The molecule has 2 aromatic heterocycles. The van der Waals surface area contributed by atoms with Crippen molar-refractivity contribution >= 4 is 23.4 Å². The van der Waals surface area contributed by atoms with Gasteiger partial charge in [0.25, 0.3) is 5.56 Å². The molecule has 36 heavy (non-hydrogen) atoms. The molecule has 9 nitrogen and oxygen atoms in total. The number of aromatic nitrogens is 5. The number of carbonyl (C=O) groups is 1. The van der Waals surface area contributed by atoms with Crippen LogP contribution in [0.2, 0.25) is 0 Å². The van der Waals surface area contributed by atoms with Gasteiger partial charge in [0.15, 0.2) is 5.16 Å². The zero-order chi connectivity index (χ0) is 25.9. The summed E-state index contributed by atoms with van der Waals surface area (Å²) in [7, 11) is 0. The van der Waals surface area contributed by atoms with E-state index in [1.54, 1.807) is 4.57 Å². The summed E-state index contributed by atoms with van der Waals surface area (Å²) in [6.45, 7) is 1.91. The molecule has 0 aliphatic heterocycles. The number of alkyl halides is 3. The zero-order valence-electron chi connectivity index (χ0n) is 18.7. The van der Waals surface area contributed by atoms with Crippen molar-refractivity contribution in [3.8, 4) is 5.69 Å². The predicted molar refractivity (Wildman–Crippen MR) is 127 cm³/mol. The first-order chi connectivity index (χ1) is 17.1. The number of thioether (sulfide) groups is 1. The second-order valence-electron chi connectivity index (χ2n) is 7.77. The zero-order valence-corrected chi connectivity index (χ0v) is 19.5. The fraction of sp³-hybridized carbons (Fsp3) is 0.174. The van der Waals surface area contributed by atoms with Crippen molar-refractivity contribution in [2.24, 2.45) is 0 Å². The van der Waals surface area contributed by atoms with Gasteiger partial charge in [-0.25, -0.2) is 4.79 Å². The maximum atomic E-state index is 12.7. The van der Waals surface area contributed by atoms with Gasteiger partial charge in [0.2, 0.25) is 5.91 Å². The molecular weight excluding hydrogens is 497 g/mol. The van der Waals surface area contributed by atoms with E-state index in [0.29, 0.717) is 22.4 Å². The van der Waals surface area contributed by atoms with Gasteiger partial charge in [-0.1, -0.05) is 23.9 Å². The van der Waals surface area contributed by atoms with Crippen LogP contribution in [0.4, 0.5) is 18.9 Å². The summed E-state index contributed by atoms with van der Waals surface area (Å²) >= 11 is 1.08. The van der Waals surface area contributed by atoms with E-state index in [9.17, 15) is 27.6 Å². The average molecular weight is 517 g/mol. The lowest BCUT2D eigenvalue weighted by Crippen LogP contribution is -2.23. The number of halogens is 3. The molecule has 2 aromatic carbocycles. The second kappa shape index (κ2) is 10.2. The van der Waals surface area contributed by atoms with Crippen LogP contribution in [0.5, 0.6) is 0 Å². The molecule has 0 saturated heterocycles. The van der Waals surface area contributed by atoms with Gasteiger partial charge < -0.3 is 10.3 Å². The Labute approximate surface area is 205 Å². The van der Waals surface area contributed by atoms with Gasteiger partial charge >= 0.3 is 11.9 Å². The number of amides is 1. The van der Waals surface area contributed by atoms with Gasteiger partial charge in [0, 0.05) is 29.6 Å². The molecule has 0 aliphatic carbocycles. The Kier molecular flexibility index (Phi) is 7.10. The normalized spacial score (nSPS) is 11.4. The summed E-state index contributed by atoms with van der Waals surface area (Å²) in [5.41, 5.74) is 0.240. The summed E-state index contributed by atoms with van der Waals surface area (Å²) in [4.78, 5) is 40.4. The third-order valence-electron chi connectivity index (χ3n) is 4.95. The lowest BCUT2D eigenvalue weighted by Gasteiger charge is -2.11. The highest BCUT2D eigenvalue weighted by molar-refractivity contribution is 7.99. The van der Waals surface area contributed by atoms with Crippen LogP contribution in [0.25, 0.3) is 5.69 Å². The number of hydrogen-bond acceptors (Lipinski definition) is 6. The Morgan fingerprint density at radius 2 is 1.81 bits per heavy atom. The molecule has 13 heteroatoms. The van der Waals surface area contributed by atoms with E-state index in [1.807, 2.05) is 31.2 Å². The summed E-state index contributed by atoms with van der Waals surface area (Å²) in [5.74, 6) is -0.112. The topological polar surface area (TPSA) is 126 Å². The van der Waals surface area contributed by atoms with E-state index in [-0.39, 0.29) is 17.9 Å². The molecule has 3 N–H and O–H groups in total. The molecule has 2 heterocycles. The maximum Gasteiger partial charge on any atom is 0.416 e. The van der Waals surface area contributed by atoms with Gasteiger partial charge in [0.1, 0.15) is 5.82 Å². The number of carbonyl (C=O) groups excluding carboxylic acids is 1. The van der Waals surface area contributed by atoms with Crippen LogP contribution in [0.3, 0.4) is 0 Å². The van der Waals surface area contributed by atoms with E-state index >= 15 is 0 Å². The highest BCUT2D eigenvalue weighted by Gasteiger charge is 2.30. The van der Waals surface area contributed by atoms with Crippen molar-refractivity contribution < 1.29 is 18.0 Å². The number of aryl methyl sites for hydroxylation is 1. The van der Waals surface area contributed by atoms with Gasteiger partial charge in [0.05, 0.1) is 11.3 Å². The molecule has 186 valence electrons. The first-order valence-corrected chi connectivity index (χ1v) is 11.5. The predicted octanol–water partition coefficient (Wildman–Crippen LogP) is 3.29. The number of rotatable bonds is 7. The molecule has 0 spiro atoms. The molecule has 0 atom stereocenters. The van der Waals surface area contributed by atoms with Crippen LogP contribution in [0.15, 0.2) is 69.3 Å². The first-order valence-electron chi connectivity index (χ1n) is 10.5. The average Bonchev–Trinajstić information content (AvgIpc) is 3.19. The van der Waals surface area contributed by atoms with Crippen molar-refractivity contribution in [3.63, 3.8) is 0 Å². The highest BCUT2D eigenvalue weighted by atomic mass is 32.2. The molecule has 0 fully saturated rings. The molecular formula is C23H19F3N6O3S. The Balaban J connectivity index is 1.54. The van der Waals surface area contributed by atoms with Crippen LogP contribution >= 0.6 is 11.8 Å². The van der Waals surface area contributed by atoms with Gasteiger partial charge in [-0.3, -0.25) is 19.1 Å². The van der Waals surface area contributed by atoms with Gasteiger partial charge in [-0.2, -0.15) is 13.2 Å². The van der Waals surface area contributed by atoms with Crippen LogP contribution < -0.4 is 16.6 Å². The third kappa shape index (κ3) is 6.10. The Bertz CT molecular complexity index is 1480. The number of hydrogen-bond donors (Lipinski definition) is 3. The summed E-state index contributed by atoms with van der Waals surface area (Å²) < 4.78 is 39.9. The number of benzene rings is 2. The molecule has 0 bridgehead atoms. The third-order valence-corrected chi connectivity index (χ3v) is 5.88. The van der Waals surface area contributed by atoms with Crippen molar-refractivity contribution in [2.75, 3.05) is 11.1 Å². The number of nitrogens with zero attached hydrogens (tertiary/aromatic N) is 3. The van der Waals surface area contributed by atoms with Crippen LogP contribution in [0.1, 0.15) is 22.6 Å². The highest BCUT2D eigenvalue weighted by Crippen LogP contribution is 2.30. The lowest BCUT2D eigenvalue weighted by atomic mass is 10.2. The van der Waals surface area contributed by atoms with Crippen LogP contribution in [-0.2, 0) is 17.4 Å². The van der Waals surface area contributed by atoms with Crippen molar-refractivity contribution in [1.82, 2.24) is 24.7 Å². The Morgan fingerprint density at radius 3 is 2.47 bits per heavy atom. The first kappa shape index (κ1) is 25.0. The second-order valence-corrected chi connectivity index (χ2v) is 8.72. The van der Waals surface area contributed by atoms with E-state index in [0.717, 1.165) is 29.5 Å². The van der Waals surface area contributed by atoms with E-state index in [1.165, 1.54) is 18.2 Å². The minimum atomic E-state index is -4.46. The smallest absolute Gasteiger partial charge is 0.325 e. The van der Waals surface area contributed by atoms with E-state index in [4.69, 9.17) is 0 Å². The molecule has 4 aromatic rings. The Morgan fingerprint density at radius 1 is 1.06 bits per heavy atom. The van der Waals surface area contributed by atoms with Gasteiger partial charge in [-0.05, 0) is 48.9 Å². The fourth-order valence-electron chi connectivity index (χ4n) is 3.39. The lowest BCUT2D eigenvalue weighted by molar-refractivity contribution is -0.137. The Hall–Kier alpha value is -4.13. The largest absolute Gasteiger partial charge is 0.416 e. The summed E-state index contributed by atoms with van der Waals surface area (Å²) in [5, 5.41) is 11.3. The van der Waals surface area contributed by atoms with Gasteiger partial charge in [-0.15, -0.1) is 10.2 Å². The van der Waals surface area contributed by atoms with Crippen molar-refractivity contribution in [1.29, 1.82) is 0 Å². The van der Waals surface area contributed by atoms with Crippen molar-refractivity contribution in [2.45, 2.75) is 24.7 Å². The molecule has 0 radical (unpaired) electrons. The molecule has 4 rings (SSSR count). The summed E-state index contributed by atoms with van der Waals surface area (Å²) in [6, 6.07) is 12.9. The minimum Gasteiger partial charge on any atom is -0.325 e. The number of nitrogens with one attached hydrogen (secondary N) is 3. The van der Waals surface area contributed by atoms with E-state index < -0.39 is 28.9 Å². The monoisotopic (exact) mass is 516 g/mol. The molecule has 1 amide bonds. The maximum absolute atomic E-state index is 12.7. The number of H-pyrrole nitrogens is 2. The quantitative estimate of drug-likeness (QED) is 0.324. The molecule has 0 unspecified atom stereocenters. The molecule has 0 aliphatic rings. The molecule has 0 saturated carbocycles. The standard InChI is InChI=1S/C23H19F3N6O3S/c1-13-3-2-4-17(9-13)32-18(10-16-11-19(33)29-21(35)28-16)30-31-22(32)36-12-20(34)27-15-7-5-14(6-8-15)23(24,25)26/h2-9,11H,10,12H2,1H3,(H,27,34)(H2,28,29,33,35). The number of anilines is 1. The SMILES string of the molecule is Cc1cccc(-n2c(Cc3cc(=O)[nH]c(=O)[nH]3)nnc2SCC(=O)Nc2ccc(C(F)(F)F)cc2)c1. The van der Waals surface area contributed by atoms with Crippen molar-refractivity contribution in [3.05, 3.63) is 98.1 Å². The summed E-state index contributed by atoms with van der Waals surface area (Å²) in [6.07, 6.45) is -4.37. The van der Waals surface area contributed by atoms with Crippen LogP contribution in [-0.4, -0.2) is 36.4 Å². The van der Waals surface area contributed by atoms with E-state index in [2.05, 4.69) is 25.5 Å². The minimum absolute atomic E-state index is 0.0905. The number of aromatic amines is 2. The fourth-order valence-corrected chi connectivity index (χ4v) is 4.16.